The van der Waals surface area contributed by atoms with Gasteiger partial charge in [-0.15, -0.1) is 0 Å². The molecule has 0 atom stereocenters. The first-order valence-electron chi connectivity index (χ1n) is 9.09. The third-order valence-corrected chi connectivity index (χ3v) is 4.73. The fourth-order valence-electron chi connectivity index (χ4n) is 2.80. The Labute approximate surface area is 147 Å². The van der Waals surface area contributed by atoms with Crippen LogP contribution in [0.3, 0.4) is 0 Å². The van der Waals surface area contributed by atoms with E-state index in [9.17, 15) is 9.59 Å². The van der Waals surface area contributed by atoms with Crippen molar-refractivity contribution < 1.29 is 9.59 Å². The molecule has 0 saturated carbocycles. The van der Waals surface area contributed by atoms with E-state index in [4.69, 9.17) is 5.26 Å². The van der Waals surface area contributed by atoms with Crippen molar-refractivity contribution >= 4 is 11.8 Å². The van der Waals surface area contributed by atoms with Gasteiger partial charge < -0.3 is 5.32 Å². The van der Waals surface area contributed by atoms with Crippen molar-refractivity contribution in [2.45, 2.75) is 85.5 Å². The summed E-state index contributed by atoms with van der Waals surface area (Å²) in [5.41, 5.74) is -0.745. The molecule has 0 aliphatic carbocycles. The van der Waals surface area contributed by atoms with Crippen LogP contribution in [0.15, 0.2) is 0 Å². The maximum atomic E-state index is 11.7. The number of nitrogens with zero attached hydrogens (tertiary/aromatic N) is 1. The largest absolute Gasteiger partial charge is 0.359 e. The zero-order valence-corrected chi connectivity index (χ0v) is 16.1. The van der Waals surface area contributed by atoms with Crippen LogP contribution in [-0.4, -0.2) is 18.9 Å². The predicted molar refractivity (Wildman–Crippen MR) is 96.9 cm³/mol. The average molecular weight is 338 g/mol. The number of carbonyl (C=O) groups is 2. The molecule has 0 aliphatic heterocycles. The van der Waals surface area contributed by atoms with Crippen molar-refractivity contribution in [3.05, 3.63) is 0 Å². The molecule has 0 aromatic carbocycles. The standard InChI is InChI=1S/C19H35N3O2/c1-18(2,16(23)21-5)13-11-9-7-6-8-10-12-14-19(3,4)17(24)22-15-20/h6-14H2,1-5H3,(H,21,23)(H,22,24). The highest BCUT2D eigenvalue weighted by Gasteiger charge is 2.27. The van der Waals surface area contributed by atoms with E-state index in [2.05, 4.69) is 10.6 Å². The first-order chi connectivity index (χ1) is 11.2. The Morgan fingerprint density at radius 3 is 1.54 bits per heavy atom. The highest BCUT2D eigenvalue weighted by atomic mass is 16.2. The monoisotopic (exact) mass is 337 g/mol. The van der Waals surface area contributed by atoms with Crippen LogP contribution in [0.25, 0.3) is 0 Å². The van der Waals surface area contributed by atoms with Gasteiger partial charge in [0.05, 0.1) is 0 Å². The molecule has 0 spiro atoms. The van der Waals surface area contributed by atoms with Crippen LogP contribution < -0.4 is 10.6 Å². The average Bonchev–Trinajstić information content (AvgIpc) is 2.52. The number of unbranched alkanes of at least 4 members (excludes halogenated alkanes) is 6. The summed E-state index contributed by atoms with van der Waals surface area (Å²) >= 11 is 0. The summed E-state index contributed by atoms with van der Waals surface area (Å²) in [4.78, 5) is 23.4. The lowest BCUT2D eigenvalue weighted by atomic mass is 9.85. The van der Waals surface area contributed by atoms with E-state index in [-0.39, 0.29) is 17.2 Å². The van der Waals surface area contributed by atoms with E-state index in [1.165, 1.54) is 19.3 Å². The molecule has 0 aliphatic rings. The van der Waals surface area contributed by atoms with Crippen molar-refractivity contribution in [2.75, 3.05) is 7.05 Å². The van der Waals surface area contributed by atoms with Crippen molar-refractivity contribution in [3.63, 3.8) is 0 Å². The van der Waals surface area contributed by atoms with E-state index in [1.54, 1.807) is 13.2 Å². The summed E-state index contributed by atoms with van der Waals surface area (Å²) in [5.74, 6) is -0.0747. The van der Waals surface area contributed by atoms with Gasteiger partial charge in [0.2, 0.25) is 11.8 Å². The maximum Gasteiger partial charge on any atom is 0.238 e. The van der Waals surface area contributed by atoms with Gasteiger partial charge in [0.1, 0.15) is 0 Å². The summed E-state index contributed by atoms with van der Waals surface area (Å²) in [7, 11) is 1.69. The van der Waals surface area contributed by atoms with Gasteiger partial charge in [0.15, 0.2) is 6.19 Å². The molecule has 138 valence electrons. The molecule has 0 saturated heterocycles. The Kier molecular flexibility index (Phi) is 10.3. The minimum atomic E-state index is -0.471. The number of nitrogens with one attached hydrogen (secondary N) is 2. The fraction of sp³-hybridized carbons (Fsp3) is 0.842. The van der Waals surface area contributed by atoms with Crippen LogP contribution in [0.5, 0.6) is 0 Å². The summed E-state index contributed by atoms with van der Waals surface area (Å²) < 4.78 is 0. The maximum absolute atomic E-state index is 11.7. The van der Waals surface area contributed by atoms with Gasteiger partial charge in [-0.1, -0.05) is 72.6 Å². The van der Waals surface area contributed by atoms with E-state index in [1.807, 2.05) is 27.7 Å². The highest BCUT2D eigenvalue weighted by Crippen LogP contribution is 2.25. The molecule has 0 bridgehead atoms. The van der Waals surface area contributed by atoms with Gasteiger partial charge in [-0.25, -0.2) is 0 Å². The van der Waals surface area contributed by atoms with Gasteiger partial charge in [0, 0.05) is 17.9 Å². The second kappa shape index (κ2) is 11.1. The van der Waals surface area contributed by atoms with Crippen molar-refractivity contribution in [2.24, 2.45) is 10.8 Å². The van der Waals surface area contributed by atoms with E-state index in [0.717, 1.165) is 38.5 Å². The Morgan fingerprint density at radius 1 is 0.792 bits per heavy atom. The molecule has 2 amide bonds. The van der Waals surface area contributed by atoms with Crippen LogP contribution in [-0.2, 0) is 9.59 Å². The van der Waals surface area contributed by atoms with Crippen molar-refractivity contribution in [3.8, 4) is 6.19 Å². The molecular formula is C19H35N3O2. The molecular weight excluding hydrogens is 302 g/mol. The van der Waals surface area contributed by atoms with E-state index >= 15 is 0 Å². The van der Waals surface area contributed by atoms with Crippen LogP contribution in [0.1, 0.15) is 85.5 Å². The SMILES string of the molecule is CNC(=O)C(C)(C)CCCCCCCCCC(C)(C)C(=O)NC#N. The Balaban J connectivity index is 3.67. The quantitative estimate of drug-likeness (QED) is 0.322. The number of hydrogen-bond acceptors (Lipinski definition) is 3. The molecule has 0 rings (SSSR count). The van der Waals surface area contributed by atoms with Crippen LogP contribution in [0.2, 0.25) is 0 Å². The topological polar surface area (TPSA) is 82.0 Å². The highest BCUT2D eigenvalue weighted by molar-refractivity contribution is 5.83. The van der Waals surface area contributed by atoms with Gasteiger partial charge in [0.25, 0.3) is 0 Å². The first kappa shape index (κ1) is 22.4. The summed E-state index contributed by atoms with van der Waals surface area (Å²) in [6, 6.07) is 0. The first-order valence-corrected chi connectivity index (χ1v) is 9.09. The lowest BCUT2D eigenvalue weighted by Crippen LogP contribution is -2.34. The summed E-state index contributed by atoms with van der Waals surface area (Å²) in [5, 5.41) is 13.4. The minimum absolute atomic E-state index is 0.116. The van der Waals surface area contributed by atoms with Gasteiger partial charge in [-0.3, -0.25) is 14.9 Å². The molecule has 5 heteroatoms. The van der Waals surface area contributed by atoms with E-state index in [0.29, 0.717) is 0 Å². The second-order valence-corrected chi connectivity index (χ2v) is 7.89. The zero-order chi connectivity index (χ0) is 18.6. The van der Waals surface area contributed by atoms with Crippen LogP contribution >= 0.6 is 0 Å². The Morgan fingerprint density at radius 2 is 1.17 bits per heavy atom. The van der Waals surface area contributed by atoms with Gasteiger partial charge in [-0.05, 0) is 12.8 Å². The summed E-state index contributed by atoms with van der Waals surface area (Å²) in [6.45, 7) is 7.76. The minimum Gasteiger partial charge on any atom is -0.359 e. The second-order valence-electron chi connectivity index (χ2n) is 7.89. The van der Waals surface area contributed by atoms with Crippen LogP contribution in [0.4, 0.5) is 0 Å². The normalized spacial score (nSPS) is 11.7. The number of amides is 2. The van der Waals surface area contributed by atoms with Gasteiger partial charge in [-0.2, -0.15) is 5.26 Å². The lowest BCUT2D eigenvalue weighted by molar-refractivity contribution is -0.129. The molecule has 5 nitrogen and oxygen atoms in total. The lowest BCUT2D eigenvalue weighted by Gasteiger charge is -2.22. The molecule has 2 N–H and O–H groups in total. The Hall–Kier alpha value is -1.57. The summed E-state index contributed by atoms with van der Waals surface area (Å²) in [6.07, 6.45) is 11.4. The zero-order valence-electron chi connectivity index (χ0n) is 16.1. The number of carbonyl (C=O) groups excluding carboxylic acids is 2. The molecule has 0 unspecified atom stereocenters. The molecule has 24 heavy (non-hydrogen) atoms. The van der Waals surface area contributed by atoms with Gasteiger partial charge >= 0.3 is 0 Å². The molecule has 0 heterocycles. The van der Waals surface area contributed by atoms with Crippen LogP contribution in [0, 0.1) is 22.3 Å². The third-order valence-electron chi connectivity index (χ3n) is 4.73. The molecule has 0 aromatic heterocycles. The molecule has 0 fully saturated rings. The van der Waals surface area contributed by atoms with E-state index < -0.39 is 5.41 Å². The fourth-order valence-corrected chi connectivity index (χ4v) is 2.80. The molecule has 0 radical (unpaired) electrons. The predicted octanol–water partition coefficient (Wildman–Crippen LogP) is 3.89. The number of hydrogen-bond donors (Lipinski definition) is 2. The van der Waals surface area contributed by atoms with Crippen molar-refractivity contribution in [1.29, 1.82) is 5.26 Å². The smallest absolute Gasteiger partial charge is 0.238 e. The molecule has 0 aromatic rings. The third kappa shape index (κ3) is 8.90. The number of nitriles is 1. The Bertz CT molecular complexity index is 436. The van der Waals surface area contributed by atoms with Crippen molar-refractivity contribution in [1.82, 2.24) is 10.6 Å². The number of rotatable bonds is 12.